The van der Waals surface area contributed by atoms with E-state index in [0.717, 1.165) is 0 Å². The Bertz CT molecular complexity index is 886. The Morgan fingerprint density at radius 3 is 2.59 bits per heavy atom. The van der Waals surface area contributed by atoms with Crippen LogP contribution in [-0.2, 0) is 4.79 Å². The normalized spacial score (nSPS) is 13.4. The summed E-state index contributed by atoms with van der Waals surface area (Å²) in [6.07, 6.45) is 0. The lowest BCUT2D eigenvalue weighted by Gasteiger charge is -2.21. The fourth-order valence-electron chi connectivity index (χ4n) is 3.17. The zero-order valence-electron chi connectivity index (χ0n) is 16.8. The molecule has 154 valence electrons. The maximum atomic E-state index is 12.9. The van der Waals surface area contributed by atoms with Crippen LogP contribution in [0, 0.1) is 0 Å². The van der Waals surface area contributed by atoms with Gasteiger partial charge in [0.2, 0.25) is 5.91 Å². The third kappa shape index (κ3) is 4.53. The van der Waals surface area contributed by atoms with Gasteiger partial charge in [0, 0.05) is 19.2 Å². The van der Waals surface area contributed by atoms with Crippen LogP contribution < -0.4 is 24.4 Å². The molecule has 0 unspecified atom stereocenters. The van der Waals surface area contributed by atoms with Crippen LogP contribution in [0.1, 0.15) is 6.92 Å². The fourth-order valence-corrected chi connectivity index (χ4v) is 3.17. The highest BCUT2D eigenvalue weighted by atomic mass is 16.5. The van der Waals surface area contributed by atoms with Crippen LogP contribution in [0.4, 0.5) is 16.2 Å². The van der Waals surface area contributed by atoms with Crippen molar-refractivity contribution in [3.05, 3.63) is 42.5 Å². The molecule has 0 aromatic heterocycles. The number of nitrogens with zero attached hydrogens (tertiary/aromatic N) is 2. The van der Waals surface area contributed by atoms with E-state index in [0.29, 0.717) is 48.3 Å². The molecule has 0 bridgehead atoms. The minimum Gasteiger partial charge on any atom is -0.497 e. The molecule has 1 aliphatic heterocycles. The van der Waals surface area contributed by atoms with Gasteiger partial charge >= 0.3 is 6.03 Å². The number of methoxy groups -OCH3 is 2. The summed E-state index contributed by atoms with van der Waals surface area (Å²) >= 11 is 0. The number of benzene rings is 2. The van der Waals surface area contributed by atoms with Crippen LogP contribution >= 0.6 is 0 Å². The first-order valence-electron chi connectivity index (χ1n) is 9.37. The number of para-hydroxylation sites is 2. The van der Waals surface area contributed by atoms with Gasteiger partial charge in [-0.25, -0.2) is 4.79 Å². The Morgan fingerprint density at radius 2 is 1.86 bits per heavy atom. The van der Waals surface area contributed by atoms with E-state index in [1.165, 1.54) is 4.90 Å². The Kier molecular flexibility index (Phi) is 6.43. The number of carbonyl (C=O) groups is 2. The number of hydrogen-bond donors (Lipinski definition) is 1. The zero-order valence-corrected chi connectivity index (χ0v) is 16.8. The van der Waals surface area contributed by atoms with Crippen molar-refractivity contribution >= 4 is 23.3 Å². The van der Waals surface area contributed by atoms with E-state index >= 15 is 0 Å². The highest BCUT2D eigenvalue weighted by Crippen LogP contribution is 2.34. The highest BCUT2D eigenvalue weighted by molar-refractivity contribution is 6.00. The average Bonchev–Trinajstić information content (AvgIpc) is 3.09. The molecule has 0 aliphatic carbocycles. The van der Waals surface area contributed by atoms with Crippen LogP contribution in [-0.4, -0.2) is 57.3 Å². The molecule has 3 rings (SSSR count). The molecule has 3 amide bonds. The Balaban J connectivity index is 1.69. The molecule has 0 atom stereocenters. The van der Waals surface area contributed by atoms with Crippen LogP contribution in [0.3, 0.4) is 0 Å². The molecule has 1 N–H and O–H groups in total. The number of anilines is 2. The Hall–Kier alpha value is -3.42. The molecule has 8 heteroatoms. The van der Waals surface area contributed by atoms with E-state index in [9.17, 15) is 9.59 Å². The van der Waals surface area contributed by atoms with Crippen molar-refractivity contribution in [1.29, 1.82) is 0 Å². The van der Waals surface area contributed by atoms with Crippen LogP contribution in [0.5, 0.6) is 17.2 Å². The number of nitrogens with one attached hydrogen (secondary N) is 1. The summed E-state index contributed by atoms with van der Waals surface area (Å²) in [5.41, 5.74) is 1.19. The number of ether oxygens (including phenoxy) is 3. The molecule has 0 radical (unpaired) electrons. The number of rotatable bonds is 8. The smallest absolute Gasteiger partial charge is 0.325 e. The van der Waals surface area contributed by atoms with Gasteiger partial charge in [0.1, 0.15) is 23.8 Å². The lowest BCUT2D eigenvalue weighted by molar-refractivity contribution is -0.116. The molecule has 1 heterocycles. The van der Waals surface area contributed by atoms with Crippen LogP contribution in [0.15, 0.2) is 42.5 Å². The van der Waals surface area contributed by atoms with Crippen molar-refractivity contribution in [3.8, 4) is 17.2 Å². The first kappa shape index (κ1) is 20.3. The summed E-state index contributed by atoms with van der Waals surface area (Å²) in [4.78, 5) is 28.5. The molecule has 0 spiro atoms. The SMILES string of the molecule is CCOc1ccccc1NC(=O)CN1CCN(c2cc(OC)ccc2OC)C1=O. The van der Waals surface area contributed by atoms with Gasteiger partial charge in [-0.2, -0.15) is 0 Å². The van der Waals surface area contributed by atoms with Crippen molar-refractivity contribution in [3.63, 3.8) is 0 Å². The van der Waals surface area contributed by atoms with Crippen molar-refractivity contribution in [2.75, 3.05) is 50.7 Å². The maximum Gasteiger partial charge on any atom is 0.325 e. The summed E-state index contributed by atoms with van der Waals surface area (Å²) in [6.45, 7) is 3.20. The van der Waals surface area contributed by atoms with Gasteiger partial charge in [0.05, 0.1) is 32.2 Å². The topological polar surface area (TPSA) is 80.3 Å². The molecular weight excluding hydrogens is 374 g/mol. The molecule has 8 nitrogen and oxygen atoms in total. The first-order chi connectivity index (χ1) is 14.1. The molecule has 0 saturated carbocycles. The number of hydrogen-bond acceptors (Lipinski definition) is 5. The highest BCUT2D eigenvalue weighted by Gasteiger charge is 2.32. The fraction of sp³-hybridized carbons (Fsp3) is 0.333. The third-order valence-corrected chi connectivity index (χ3v) is 4.57. The van der Waals surface area contributed by atoms with Gasteiger partial charge in [0.15, 0.2) is 0 Å². The lowest BCUT2D eigenvalue weighted by Crippen LogP contribution is -2.37. The Labute approximate surface area is 170 Å². The molecule has 2 aromatic rings. The van der Waals surface area contributed by atoms with Gasteiger partial charge < -0.3 is 24.4 Å². The predicted octanol–water partition coefficient (Wildman–Crippen LogP) is 2.98. The van der Waals surface area contributed by atoms with E-state index in [1.807, 2.05) is 19.1 Å². The average molecular weight is 399 g/mol. The second kappa shape index (κ2) is 9.18. The molecular formula is C21H25N3O5. The summed E-state index contributed by atoms with van der Waals surface area (Å²) in [6, 6.07) is 12.2. The zero-order chi connectivity index (χ0) is 20.8. The minimum absolute atomic E-state index is 0.0535. The van der Waals surface area contributed by atoms with Crippen molar-refractivity contribution in [2.45, 2.75) is 6.92 Å². The van der Waals surface area contributed by atoms with Gasteiger partial charge in [0.25, 0.3) is 0 Å². The number of carbonyl (C=O) groups excluding carboxylic acids is 2. The molecule has 1 saturated heterocycles. The molecule has 1 aliphatic rings. The first-order valence-corrected chi connectivity index (χ1v) is 9.37. The predicted molar refractivity (Wildman–Crippen MR) is 110 cm³/mol. The van der Waals surface area contributed by atoms with E-state index in [-0.39, 0.29) is 18.5 Å². The van der Waals surface area contributed by atoms with Crippen LogP contribution in [0.2, 0.25) is 0 Å². The van der Waals surface area contributed by atoms with E-state index in [4.69, 9.17) is 14.2 Å². The van der Waals surface area contributed by atoms with Crippen LogP contribution in [0.25, 0.3) is 0 Å². The van der Waals surface area contributed by atoms with E-state index in [2.05, 4.69) is 5.32 Å². The monoisotopic (exact) mass is 399 g/mol. The summed E-state index contributed by atoms with van der Waals surface area (Å²) < 4.78 is 16.2. The van der Waals surface area contributed by atoms with Crippen molar-refractivity contribution in [2.24, 2.45) is 0 Å². The summed E-state index contributed by atoms with van der Waals surface area (Å²) in [7, 11) is 3.11. The van der Waals surface area contributed by atoms with Gasteiger partial charge in [-0.05, 0) is 31.2 Å². The molecule has 29 heavy (non-hydrogen) atoms. The standard InChI is InChI=1S/C21H25N3O5/c1-4-29-18-8-6-5-7-16(18)22-20(25)14-23-11-12-24(21(23)26)17-13-15(27-2)9-10-19(17)28-3/h5-10,13H,4,11-12,14H2,1-3H3,(H,22,25). The minimum atomic E-state index is -0.287. The van der Waals surface area contributed by atoms with Gasteiger partial charge in [-0.15, -0.1) is 0 Å². The van der Waals surface area contributed by atoms with Gasteiger partial charge in [-0.1, -0.05) is 12.1 Å². The number of urea groups is 1. The quantitative estimate of drug-likeness (QED) is 0.738. The Morgan fingerprint density at radius 1 is 1.07 bits per heavy atom. The largest absolute Gasteiger partial charge is 0.497 e. The van der Waals surface area contributed by atoms with Crippen molar-refractivity contribution in [1.82, 2.24) is 4.90 Å². The summed E-state index contributed by atoms with van der Waals surface area (Å²) in [5.74, 6) is 1.50. The third-order valence-electron chi connectivity index (χ3n) is 4.57. The second-order valence-electron chi connectivity index (χ2n) is 6.37. The summed E-state index contributed by atoms with van der Waals surface area (Å²) in [5, 5.41) is 2.82. The molecule has 2 aromatic carbocycles. The maximum absolute atomic E-state index is 12.9. The van der Waals surface area contributed by atoms with Crippen molar-refractivity contribution < 1.29 is 23.8 Å². The van der Waals surface area contributed by atoms with E-state index < -0.39 is 0 Å². The lowest BCUT2D eigenvalue weighted by atomic mass is 10.2. The number of amides is 3. The molecule has 1 fully saturated rings. The van der Waals surface area contributed by atoms with E-state index in [1.54, 1.807) is 49.5 Å². The van der Waals surface area contributed by atoms with Gasteiger partial charge in [-0.3, -0.25) is 9.69 Å². The second-order valence-corrected chi connectivity index (χ2v) is 6.37.